The largest absolute Gasteiger partial charge is 0.465 e. The summed E-state index contributed by atoms with van der Waals surface area (Å²) in [5.41, 5.74) is 7.37. The summed E-state index contributed by atoms with van der Waals surface area (Å²) in [6.45, 7) is 4.03. The highest BCUT2D eigenvalue weighted by Gasteiger charge is 2.10. The van der Waals surface area contributed by atoms with E-state index < -0.39 is 5.97 Å². The Morgan fingerprint density at radius 2 is 2.06 bits per heavy atom. The third-order valence-electron chi connectivity index (χ3n) is 2.14. The lowest BCUT2D eigenvalue weighted by atomic mass is 10.1. The number of ether oxygens (including phenoxy) is 1. The molecule has 4 N–H and O–H groups in total. The highest BCUT2D eigenvalue weighted by Crippen LogP contribution is 2.24. The van der Waals surface area contributed by atoms with Crippen molar-refractivity contribution in [2.45, 2.75) is 19.9 Å². The minimum atomic E-state index is -0.405. The molecule has 5 nitrogen and oxygen atoms in total. The molecule has 0 atom stereocenters. The van der Waals surface area contributed by atoms with Crippen LogP contribution in [0.5, 0.6) is 0 Å². The van der Waals surface area contributed by atoms with E-state index in [4.69, 9.17) is 18.0 Å². The predicted octanol–water partition coefficient (Wildman–Crippen LogP) is 1.95. The number of anilines is 2. The molecule has 0 aliphatic carbocycles. The highest BCUT2D eigenvalue weighted by atomic mass is 32.1. The summed E-state index contributed by atoms with van der Waals surface area (Å²) in [5, 5.41) is 6.21. The standard InChI is InChI=1S/C12H17N3O2S/c1-7(2)14-9-5-4-8(11(16)17-3)6-10(9)15-12(13)18/h4-7,14H,1-3H3,(H3,13,15,18). The maximum atomic E-state index is 11.5. The van der Waals surface area contributed by atoms with Crippen molar-refractivity contribution >= 4 is 34.7 Å². The maximum Gasteiger partial charge on any atom is 0.337 e. The quantitative estimate of drug-likeness (QED) is 0.572. The second kappa shape index (κ2) is 6.20. The average molecular weight is 267 g/mol. The average Bonchev–Trinajstić information content (AvgIpc) is 2.29. The molecule has 6 heteroatoms. The van der Waals surface area contributed by atoms with Crippen LogP contribution in [-0.4, -0.2) is 24.2 Å². The Balaban J connectivity index is 3.11. The molecule has 0 amide bonds. The van der Waals surface area contributed by atoms with Gasteiger partial charge in [-0.15, -0.1) is 0 Å². The van der Waals surface area contributed by atoms with Crippen molar-refractivity contribution < 1.29 is 9.53 Å². The van der Waals surface area contributed by atoms with E-state index in [-0.39, 0.29) is 11.2 Å². The van der Waals surface area contributed by atoms with Gasteiger partial charge in [0.1, 0.15) is 0 Å². The van der Waals surface area contributed by atoms with Gasteiger partial charge in [0.05, 0.1) is 24.0 Å². The summed E-state index contributed by atoms with van der Waals surface area (Å²) in [5.74, 6) is -0.405. The van der Waals surface area contributed by atoms with Gasteiger partial charge in [-0.25, -0.2) is 4.79 Å². The molecule has 98 valence electrons. The summed E-state index contributed by atoms with van der Waals surface area (Å²) in [6, 6.07) is 5.37. The van der Waals surface area contributed by atoms with Gasteiger partial charge in [0, 0.05) is 6.04 Å². The van der Waals surface area contributed by atoms with Crippen molar-refractivity contribution in [2.75, 3.05) is 17.7 Å². The van der Waals surface area contributed by atoms with Gasteiger partial charge in [-0.1, -0.05) is 0 Å². The van der Waals surface area contributed by atoms with E-state index in [1.807, 2.05) is 13.8 Å². The van der Waals surface area contributed by atoms with Crippen molar-refractivity contribution in [1.29, 1.82) is 0 Å². The Hall–Kier alpha value is -1.82. The molecule has 0 unspecified atom stereocenters. The molecule has 0 aromatic heterocycles. The number of esters is 1. The monoisotopic (exact) mass is 267 g/mol. The lowest BCUT2D eigenvalue weighted by molar-refractivity contribution is 0.0601. The number of hydrogen-bond acceptors (Lipinski definition) is 4. The second-order valence-corrected chi connectivity index (χ2v) is 4.48. The van der Waals surface area contributed by atoms with Crippen LogP contribution in [0.25, 0.3) is 0 Å². The Kier molecular flexibility index (Phi) is 4.91. The summed E-state index contributed by atoms with van der Waals surface area (Å²) in [7, 11) is 1.34. The van der Waals surface area contributed by atoms with Crippen LogP contribution in [0.3, 0.4) is 0 Å². The summed E-state index contributed by atoms with van der Waals surface area (Å²) in [4.78, 5) is 11.5. The van der Waals surface area contributed by atoms with Gasteiger partial charge in [-0.2, -0.15) is 0 Å². The lowest BCUT2D eigenvalue weighted by Crippen LogP contribution is -2.21. The van der Waals surface area contributed by atoms with E-state index >= 15 is 0 Å². The molecule has 1 aromatic carbocycles. The zero-order chi connectivity index (χ0) is 13.7. The van der Waals surface area contributed by atoms with Crippen molar-refractivity contribution in [3.63, 3.8) is 0 Å². The van der Waals surface area contributed by atoms with Gasteiger partial charge < -0.3 is 21.1 Å². The molecule has 18 heavy (non-hydrogen) atoms. The molecular formula is C12H17N3O2S. The van der Waals surface area contributed by atoms with E-state index in [2.05, 4.69) is 15.4 Å². The number of nitrogens with two attached hydrogens (primary N) is 1. The highest BCUT2D eigenvalue weighted by molar-refractivity contribution is 7.80. The van der Waals surface area contributed by atoms with Gasteiger partial charge in [0.25, 0.3) is 0 Å². The Morgan fingerprint density at radius 1 is 1.39 bits per heavy atom. The first-order valence-electron chi connectivity index (χ1n) is 5.49. The molecule has 0 heterocycles. The summed E-state index contributed by atoms with van der Waals surface area (Å²) < 4.78 is 4.67. The van der Waals surface area contributed by atoms with Crippen molar-refractivity contribution in [1.82, 2.24) is 0 Å². The lowest BCUT2D eigenvalue weighted by Gasteiger charge is -2.16. The third kappa shape index (κ3) is 3.89. The predicted molar refractivity (Wildman–Crippen MR) is 76.9 cm³/mol. The van der Waals surface area contributed by atoms with Crippen molar-refractivity contribution in [2.24, 2.45) is 5.73 Å². The molecule has 0 bridgehead atoms. The zero-order valence-electron chi connectivity index (χ0n) is 10.6. The SMILES string of the molecule is COC(=O)c1ccc(NC(C)C)c(NC(N)=S)c1. The number of rotatable bonds is 4. The van der Waals surface area contributed by atoms with E-state index in [0.29, 0.717) is 11.3 Å². The first-order valence-corrected chi connectivity index (χ1v) is 5.90. The molecule has 0 radical (unpaired) electrons. The van der Waals surface area contributed by atoms with E-state index in [1.54, 1.807) is 18.2 Å². The second-order valence-electron chi connectivity index (χ2n) is 4.04. The summed E-state index contributed by atoms with van der Waals surface area (Å²) >= 11 is 4.81. The van der Waals surface area contributed by atoms with Gasteiger partial charge in [-0.05, 0) is 44.3 Å². The van der Waals surface area contributed by atoms with Crippen LogP contribution in [0.1, 0.15) is 24.2 Å². The molecule has 0 saturated carbocycles. The molecule has 0 saturated heterocycles. The Bertz CT molecular complexity index is 461. The molecule has 1 aromatic rings. The van der Waals surface area contributed by atoms with Gasteiger partial charge in [0.15, 0.2) is 5.11 Å². The molecule has 1 rings (SSSR count). The number of thiocarbonyl (C=S) groups is 1. The molecule has 0 aliphatic heterocycles. The Labute approximate surface area is 112 Å². The van der Waals surface area contributed by atoms with Crippen LogP contribution in [0.4, 0.5) is 11.4 Å². The van der Waals surface area contributed by atoms with Crippen LogP contribution in [0, 0.1) is 0 Å². The zero-order valence-corrected chi connectivity index (χ0v) is 11.4. The molecule has 0 aliphatic rings. The minimum absolute atomic E-state index is 0.142. The number of nitrogens with one attached hydrogen (secondary N) is 2. The van der Waals surface area contributed by atoms with Crippen LogP contribution in [0.15, 0.2) is 18.2 Å². The first kappa shape index (κ1) is 14.2. The number of hydrogen-bond donors (Lipinski definition) is 3. The van der Waals surface area contributed by atoms with Crippen molar-refractivity contribution in [3.05, 3.63) is 23.8 Å². The fraction of sp³-hybridized carbons (Fsp3) is 0.333. The van der Waals surface area contributed by atoms with Crippen LogP contribution < -0.4 is 16.4 Å². The van der Waals surface area contributed by atoms with Crippen LogP contribution >= 0.6 is 12.2 Å². The van der Waals surface area contributed by atoms with Crippen LogP contribution in [-0.2, 0) is 4.74 Å². The topological polar surface area (TPSA) is 76.4 Å². The third-order valence-corrected chi connectivity index (χ3v) is 2.24. The fourth-order valence-corrected chi connectivity index (χ4v) is 1.57. The number of benzene rings is 1. The van der Waals surface area contributed by atoms with E-state index in [1.165, 1.54) is 7.11 Å². The van der Waals surface area contributed by atoms with E-state index in [9.17, 15) is 4.79 Å². The first-order chi connectivity index (χ1) is 8.43. The Morgan fingerprint density at radius 3 is 2.56 bits per heavy atom. The van der Waals surface area contributed by atoms with Gasteiger partial charge >= 0.3 is 5.97 Å². The number of carbonyl (C=O) groups excluding carboxylic acids is 1. The molecular weight excluding hydrogens is 250 g/mol. The number of methoxy groups -OCH3 is 1. The fourth-order valence-electron chi connectivity index (χ4n) is 1.46. The van der Waals surface area contributed by atoms with Gasteiger partial charge in [-0.3, -0.25) is 0 Å². The minimum Gasteiger partial charge on any atom is -0.465 e. The summed E-state index contributed by atoms with van der Waals surface area (Å²) in [6.07, 6.45) is 0. The van der Waals surface area contributed by atoms with Crippen LogP contribution in [0.2, 0.25) is 0 Å². The van der Waals surface area contributed by atoms with Gasteiger partial charge in [0.2, 0.25) is 0 Å². The maximum absolute atomic E-state index is 11.5. The van der Waals surface area contributed by atoms with Crippen molar-refractivity contribution in [3.8, 4) is 0 Å². The molecule has 0 fully saturated rings. The normalized spacial score (nSPS) is 10.0. The smallest absolute Gasteiger partial charge is 0.337 e. The number of carbonyl (C=O) groups is 1. The molecule has 0 spiro atoms. The van der Waals surface area contributed by atoms with E-state index in [0.717, 1.165) is 5.69 Å².